The summed E-state index contributed by atoms with van der Waals surface area (Å²) in [5, 5.41) is 2.22. The van der Waals surface area contributed by atoms with Crippen LogP contribution >= 0.6 is 0 Å². The van der Waals surface area contributed by atoms with Crippen LogP contribution in [0, 0.1) is 0 Å². The number of rotatable bonds is 5. The number of esters is 1. The van der Waals surface area contributed by atoms with Crippen LogP contribution in [0.3, 0.4) is 0 Å². The third-order valence-electron chi connectivity index (χ3n) is 3.62. The first-order valence-electron chi connectivity index (χ1n) is 7.88. The summed E-state index contributed by atoms with van der Waals surface area (Å²) < 4.78 is 66.7. The molecule has 0 spiro atoms. The maximum atomic E-state index is 12.7. The number of benzene rings is 2. The molecular formula is C18H16F3NO5S. The summed E-state index contributed by atoms with van der Waals surface area (Å²) in [5.74, 6) is -1.92. The van der Waals surface area contributed by atoms with Gasteiger partial charge in [-0.2, -0.15) is 13.2 Å². The van der Waals surface area contributed by atoms with E-state index >= 15 is 0 Å². The lowest BCUT2D eigenvalue weighted by molar-refractivity contribution is -0.137. The highest BCUT2D eigenvalue weighted by molar-refractivity contribution is 7.90. The highest BCUT2D eigenvalue weighted by Gasteiger charge is 2.31. The lowest BCUT2D eigenvalue weighted by Gasteiger charge is -2.15. The molecule has 1 atom stereocenters. The van der Waals surface area contributed by atoms with Crippen molar-refractivity contribution in [1.29, 1.82) is 0 Å². The second-order valence-corrected chi connectivity index (χ2v) is 7.87. The van der Waals surface area contributed by atoms with Crippen molar-refractivity contribution in [1.82, 2.24) is 0 Å². The minimum absolute atomic E-state index is 0.126. The van der Waals surface area contributed by atoms with E-state index in [1.54, 1.807) is 0 Å². The summed E-state index contributed by atoms with van der Waals surface area (Å²) in [7, 11) is -3.71. The van der Waals surface area contributed by atoms with Crippen LogP contribution in [-0.2, 0) is 25.5 Å². The molecule has 0 aliphatic heterocycles. The van der Waals surface area contributed by atoms with Gasteiger partial charge in [-0.1, -0.05) is 18.2 Å². The van der Waals surface area contributed by atoms with Crippen molar-refractivity contribution < 1.29 is 35.9 Å². The molecule has 1 amide bonds. The van der Waals surface area contributed by atoms with Crippen molar-refractivity contribution in [2.45, 2.75) is 24.1 Å². The molecule has 0 fully saturated rings. The molecule has 0 radical (unpaired) electrons. The SMILES string of the molecule is C[C@H](OC(=O)c1ccccc1S(C)(=O)=O)C(=O)Nc1cccc(C(F)(F)F)c1. The third-order valence-corrected chi connectivity index (χ3v) is 4.77. The van der Waals surface area contributed by atoms with Crippen LogP contribution in [0.15, 0.2) is 53.4 Å². The number of anilines is 1. The number of alkyl halides is 3. The molecule has 28 heavy (non-hydrogen) atoms. The second kappa shape index (κ2) is 8.01. The van der Waals surface area contributed by atoms with Crippen molar-refractivity contribution in [2.24, 2.45) is 0 Å². The predicted molar refractivity (Wildman–Crippen MR) is 94.5 cm³/mol. The molecule has 0 saturated heterocycles. The Bertz CT molecular complexity index is 1000. The van der Waals surface area contributed by atoms with Crippen molar-refractivity contribution in [3.05, 3.63) is 59.7 Å². The van der Waals surface area contributed by atoms with Crippen molar-refractivity contribution in [2.75, 3.05) is 11.6 Å². The number of carbonyl (C=O) groups is 2. The molecule has 0 unspecified atom stereocenters. The molecule has 1 N–H and O–H groups in total. The fourth-order valence-electron chi connectivity index (χ4n) is 2.25. The van der Waals surface area contributed by atoms with Gasteiger partial charge < -0.3 is 10.1 Å². The van der Waals surface area contributed by atoms with Crippen LogP contribution in [0.4, 0.5) is 18.9 Å². The smallest absolute Gasteiger partial charge is 0.416 e. The Morgan fingerprint density at radius 1 is 1.07 bits per heavy atom. The molecule has 150 valence electrons. The Labute approximate surface area is 159 Å². The van der Waals surface area contributed by atoms with Gasteiger partial charge >= 0.3 is 12.1 Å². The quantitative estimate of drug-likeness (QED) is 0.757. The zero-order valence-corrected chi connectivity index (χ0v) is 15.6. The number of hydrogen-bond donors (Lipinski definition) is 1. The fourth-order valence-corrected chi connectivity index (χ4v) is 3.13. The number of carbonyl (C=O) groups excluding carboxylic acids is 2. The van der Waals surface area contributed by atoms with Gasteiger partial charge in [-0.15, -0.1) is 0 Å². The Morgan fingerprint density at radius 2 is 1.71 bits per heavy atom. The third kappa shape index (κ3) is 5.32. The number of nitrogens with one attached hydrogen (secondary N) is 1. The maximum Gasteiger partial charge on any atom is 0.416 e. The van der Waals surface area contributed by atoms with E-state index in [9.17, 15) is 31.2 Å². The molecule has 0 aliphatic carbocycles. The second-order valence-electron chi connectivity index (χ2n) is 5.88. The van der Waals surface area contributed by atoms with Crippen molar-refractivity contribution in [3.63, 3.8) is 0 Å². The number of sulfone groups is 1. The Balaban J connectivity index is 2.13. The number of ether oxygens (including phenoxy) is 1. The molecule has 2 aromatic carbocycles. The van der Waals surface area contributed by atoms with Gasteiger partial charge in [0.25, 0.3) is 5.91 Å². The van der Waals surface area contributed by atoms with E-state index < -0.39 is 39.6 Å². The lowest BCUT2D eigenvalue weighted by Crippen LogP contribution is -2.30. The van der Waals surface area contributed by atoms with E-state index in [0.717, 1.165) is 24.5 Å². The first kappa shape index (κ1) is 21.4. The van der Waals surface area contributed by atoms with E-state index in [0.29, 0.717) is 0 Å². The summed E-state index contributed by atoms with van der Waals surface area (Å²) >= 11 is 0. The minimum Gasteiger partial charge on any atom is -0.449 e. The summed E-state index contributed by atoms with van der Waals surface area (Å²) in [6.45, 7) is 1.21. The summed E-state index contributed by atoms with van der Waals surface area (Å²) in [6, 6.07) is 9.27. The van der Waals surface area contributed by atoms with Gasteiger partial charge in [-0.3, -0.25) is 4.79 Å². The zero-order valence-electron chi connectivity index (χ0n) is 14.8. The average molecular weight is 415 g/mol. The van der Waals surface area contributed by atoms with E-state index in [-0.39, 0.29) is 16.1 Å². The van der Waals surface area contributed by atoms with E-state index in [1.807, 2.05) is 0 Å². The molecule has 0 aromatic heterocycles. The van der Waals surface area contributed by atoms with Gasteiger partial charge in [0.2, 0.25) is 0 Å². The first-order valence-corrected chi connectivity index (χ1v) is 9.77. The molecule has 2 rings (SSSR count). The van der Waals surface area contributed by atoms with E-state index in [4.69, 9.17) is 4.74 Å². The Hall–Kier alpha value is -2.88. The highest BCUT2D eigenvalue weighted by Crippen LogP contribution is 2.30. The summed E-state index contributed by atoms with van der Waals surface area (Å²) in [6.07, 6.45) is -5.04. The van der Waals surface area contributed by atoms with Crippen LogP contribution in [0.2, 0.25) is 0 Å². The van der Waals surface area contributed by atoms with Gasteiger partial charge in [-0.05, 0) is 37.3 Å². The highest BCUT2D eigenvalue weighted by atomic mass is 32.2. The molecular weight excluding hydrogens is 399 g/mol. The Kier molecular flexibility index (Phi) is 6.13. The normalized spacial score (nSPS) is 12.9. The van der Waals surface area contributed by atoms with Gasteiger partial charge in [0.05, 0.1) is 16.0 Å². The van der Waals surface area contributed by atoms with Crippen LogP contribution in [-0.4, -0.2) is 32.7 Å². The van der Waals surface area contributed by atoms with Crippen molar-refractivity contribution in [3.8, 4) is 0 Å². The fraction of sp³-hybridized carbons (Fsp3) is 0.222. The summed E-state index contributed by atoms with van der Waals surface area (Å²) in [4.78, 5) is 24.1. The molecule has 0 aliphatic rings. The largest absolute Gasteiger partial charge is 0.449 e. The zero-order chi connectivity index (χ0) is 21.1. The molecule has 0 saturated carbocycles. The number of halogens is 3. The standard InChI is InChI=1S/C18H16F3NO5S/c1-11(16(23)22-13-7-5-6-12(10-13)18(19,20)21)27-17(24)14-8-3-4-9-15(14)28(2,25)26/h3-11H,1-2H3,(H,22,23)/t11-/m0/s1. The van der Waals surface area contributed by atoms with Gasteiger partial charge in [0.15, 0.2) is 15.9 Å². The van der Waals surface area contributed by atoms with Crippen molar-refractivity contribution >= 4 is 27.4 Å². The number of hydrogen-bond acceptors (Lipinski definition) is 5. The topological polar surface area (TPSA) is 89.5 Å². The lowest BCUT2D eigenvalue weighted by atomic mass is 10.2. The predicted octanol–water partition coefficient (Wildman–Crippen LogP) is 3.29. The van der Waals surface area contributed by atoms with Gasteiger partial charge in [-0.25, -0.2) is 13.2 Å². The maximum absolute atomic E-state index is 12.7. The Morgan fingerprint density at radius 3 is 2.32 bits per heavy atom. The van der Waals surface area contributed by atoms with Crippen LogP contribution in [0.5, 0.6) is 0 Å². The number of amides is 1. The molecule has 0 heterocycles. The molecule has 10 heteroatoms. The monoisotopic (exact) mass is 415 g/mol. The van der Waals surface area contributed by atoms with Gasteiger partial charge in [0.1, 0.15) is 0 Å². The van der Waals surface area contributed by atoms with Crippen LogP contribution in [0.1, 0.15) is 22.8 Å². The molecule has 6 nitrogen and oxygen atoms in total. The van der Waals surface area contributed by atoms with Crippen LogP contribution < -0.4 is 5.32 Å². The minimum atomic E-state index is -4.58. The average Bonchev–Trinajstić information content (AvgIpc) is 2.60. The molecule has 2 aromatic rings. The van der Waals surface area contributed by atoms with Crippen LogP contribution in [0.25, 0.3) is 0 Å². The van der Waals surface area contributed by atoms with Gasteiger partial charge in [0, 0.05) is 11.9 Å². The summed E-state index contributed by atoms with van der Waals surface area (Å²) in [5.41, 5.74) is -1.32. The van der Waals surface area contributed by atoms with E-state index in [2.05, 4.69) is 5.32 Å². The first-order chi connectivity index (χ1) is 12.9. The molecule has 0 bridgehead atoms. The van der Waals surface area contributed by atoms with E-state index in [1.165, 1.54) is 37.3 Å².